The van der Waals surface area contributed by atoms with Gasteiger partial charge in [0.1, 0.15) is 17.6 Å². The lowest BCUT2D eigenvalue weighted by molar-refractivity contribution is -0.142. The quantitative estimate of drug-likeness (QED) is 0.551. The summed E-state index contributed by atoms with van der Waals surface area (Å²) < 4.78 is 18.6. The third-order valence-corrected chi connectivity index (χ3v) is 6.37. The van der Waals surface area contributed by atoms with E-state index >= 15 is 0 Å². The summed E-state index contributed by atoms with van der Waals surface area (Å²) in [5, 5.41) is 3.86. The number of amides is 2. The van der Waals surface area contributed by atoms with E-state index in [9.17, 15) is 14.0 Å². The zero-order valence-corrected chi connectivity index (χ0v) is 19.5. The van der Waals surface area contributed by atoms with E-state index in [1.54, 1.807) is 25.1 Å². The Kier molecular flexibility index (Phi) is 8.76. The summed E-state index contributed by atoms with van der Waals surface area (Å²) in [4.78, 5) is 27.5. The summed E-state index contributed by atoms with van der Waals surface area (Å²) in [6.45, 7) is 1.58. The number of ether oxygens (including phenoxy) is 1. The molecule has 1 saturated carbocycles. The SMILES string of the molecule is C[C@@H](C(=O)NC1CCCCC1)N(Cc1ccc(Cl)c(Cl)c1)C(=O)COc1ccc(F)cc1. The van der Waals surface area contributed by atoms with Crippen LogP contribution in [0.4, 0.5) is 4.39 Å². The third kappa shape index (κ3) is 6.84. The van der Waals surface area contributed by atoms with Crippen molar-refractivity contribution in [1.29, 1.82) is 0 Å². The molecule has 0 aliphatic heterocycles. The maximum atomic E-state index is 13.1. The molecule has 1 aliphatic rings. The van der Waals surface area contributed by atoms with Crippen molar-refractivity contribution in [3.63, 3.8) is 0 Å². The van der Waals surface area contributed by atoms with Crippen molar-refractivity contribution in [2.24, 2.45) is 0 Å². The van der Waals surface area contributed by atoms with Crippen LogP contribution in [0.15, 0.2) is 42.5 Å². The second kappa shape index (κ2) is 11.5. The van der Waals surface area contributed by atoms with Gasteiger partial charge in [0.15, 0.2) is 6.61 Å². The van der Waals surface area contributed by atoms with Gasteiger partial charge in [-0.15, -0.1) is 0 Å². The van der Waals surface area contributed by atoms with Gasteiger partial charge in [0.05, 0.1) is 10.0 Å². The maximum absolute atomic E-state index is 13.1. The van der Waals surface area contributed by atoms with Crippen LogP contribution in [0, 0.1) is 5.82 Å². The fourth-order valence-electron chi connectivity index (χ4n) is 3.74. The highest BCUT2D eigenvalue weighted by atomic mass is 35.5. The molecule has 2 amide bonds. The van der Waals surface area contributed by atoms with E-state index in [0.29, 0.717) is 15.8 Å². The number of nitrogens with zero attached hydrogens (tertiary/aromatic N) is 1. The van der Waals surface area contributed by atoms with Crippen LogP contribution in [-0.2, 0) is 16.1 Å². The molecule has 1 N–H and O–H groups in total. The van der Waals surface area contributed by atoms with Crippen molar-refractivity contribution >= 4 is 35.0 Å². The summed E-state index contributed by atoms with van der Waals surface area (Å²) in [5.74, 6) is -0.592. The van der Waals surface area contributed by atoms with Gasteiger partial charge in [-0.3, -0.25) is 9.59 Å². The largest absolute Gasteiger partial charge is 0.484 e. The Hall–Kier alpha value is -2.31. The molecule has 1 aliphatic carbocycles. The monoisotopic (exact) mass is 480 g/mol. The lowest BCUT2D eigenvalue weighted by atomic mass is 9.95. The highest BCUT2D eigenvalue weighted by Gasteiger charge is 2.28. The predicted molar refractivity (Wildman–Crippen MR) is 123 cm³/mol. The van der Waals surface area contributed by atoms with Crippen LogP contribution in [0.1, 0.15) is 44.6 Å². The van der Waals surface area contributed by atoms with E-state index in [1.165, 1.54) is 35.6 Å². The Labute approximate surface area is 197 Å². The van der Waals surface area contributed by atoms with Gasteiger partial charge >= 0.3 is 0 Å². The summed E-state index contributed by atoms with van der Waals surface area (Å²) in [5.41, 5.74) is 0.742. The number of carbonyl (C=O) groups is 2. The first kappa shape index (κ1) is 24.3. The van der Waals surface area contributed by atoms with E-state index < -0.39 is 11.9 Å². The van der Waals surface area contributed by atoms with Gasteiger partial charge in [0.2, 0.25) is 5.91 Å². The van der Waals surface area contributed by atoms with Crippen LogP contribution in [0.25, 0.3) is 0 Å². The summed E-state index contributed by atoms with van der Waals surface area (Å²) in [6, 6.07) is 9.94. The first-order chi connectivity index (χ1) is 15.3. The predicted octanol–water partition coefficient (Wildman–Crippen LogP) is 5.38. The van der Waals surface area contributed by atoms with Crippen molar-refractivity contribution < 1.29 is 18.7 Å². The van der Waals surface area contributed by atoms with E-state index in [2.05, 4.69) is 5.32 Å². The molecule has 2 aromatic carbocycles. The van der Waals surface area contributed by atoms with Gasteiger partial charge in [-0.25, -0.2) is 4.39 Å². The van der Waals surface area contributed by atoms with Gasteiger partial charge < -0.3 is 15.0 Å². The zero-order valence-electron chi connectivity index (χ0n) is 18.0. The standard InChI is InChI=1S/C24H27Cl2FN2O3/c1-16(24(31)28-19-5-3-2-4-6-19)29(14-17-7-12-21(25)22(26)13-17)23(30)15-32-20-10-8-18(27)9-11-20/h7-13,16,19H,2-6,14-15H2,1H3,(H,28,31)/t16-/m0/s1. The molecule has 32 heavy (non-hydrogen) atoms. The van der Waals surface area contributed by atoms with Gasteiger partial charge in [-0.05, 0) is 61.7 Å². The van der Waals surface area contributed by atoms with Crippen LogP contribution in [0.3, 0.4) is 0 Å². The number of hydrogen-bond donors (Lipinski definition) is 1. The number of rotatable bonds is 8. The molecule has 0 heterocycles. The van der Waals surface area contributed by atoms with E-state index in [0.717, 1.165) is 31.2 Å². The fraction of sp³-hybridized carbons (Fsp3) is 0.417. The number of benzene rings is 2. The molecule has 0 aromatic heterocycles. The van der Waals surface area contributed by atoms with Crippen molar-refractivity contribution in [2.75, 3.05) is 6.61 Å². The maximum Gasteiger partial charge on any atom is 0.261 e. The van der Waals surface area contributed by atoms with E-state index in [1.807, 2.05) is 0 Å². The van der Waals surface area contributed by atoms with E-state index in [4.69, 9.17) is 27.9 Å². The third-order valence-electron chi connectivity index (χ3n) is 5.63. The van der Waals surface area contributed by atoms with Crippen LogP contribution in [0.5, 0.6) is 5.75 Å². The normalized spacial score (nSPS) is 15.1. The summed E-state index contributed by atoms with van der Waals surface area (Å²) in [7, 11) is 0. The minimum absolute atomic E-state index is 0.135. The molecule has 0 unspecified atom stereocenters. The van der Waals surface area contributed by atoms with Crippen LogP contribution in [0.2, 0.25) is 10.0 Å². The topological polar surface area (TPSA) is 58.6 Å². The molecule has 0 saturated heterocycles. The zero-order chi connectivity index (χ0) is 23.1. The average molecular weight is 481 g/mol. The highest BCUT2D eigenvalue weighted by molar-refractivity contribution is 6.42. The van der Waals surface area contributed by atoms with E-state index in [-0.39, 0.29) is 31.0 Å². The minimum Gasteiger partial charge on any atom is -0.484 e. The Morgan fingerprint density at radius 2 is 1.78 bits per heavy atom. The van der Waals surface area contributed by atoms with Gasteiger partial charge in [-0.1, -0.05) is 48.5 Å². The van der Waals surface area contributed by atoms with Crippen LogP contribution in [-0.4, -0.2) is 35.4 Å². The molecule has 1 fully saturated rings. The van der Waals surface area contributed by atoms with Gasteiger partial charge in [0.25, 0.3) is 5.91 Å². The molecule has 0 bridgehead atoms. The van der Waals surface area contributed by atoms with Gasteiger partial charge in [0, 0.05) is 12.6 Å². The van der Waals surface area contributed by atoms with Gasteiger partial charge in [-0.2, -0.15) is 0 Å². The molecule has 5 nitrogen and oxygen atoms in total. The number of hydrogen-bond acceptors (Lipinski definition) is 3. The Morgan fingerprint density at radius 3 is 2.44 bits per heavy atom. The molecule has 0 spiro atoms. The average Bonchev–Trinajstić information content (AvgIpc) is 2.79. The highest BCUT2D eigenvalue weighted by Crippen LogP contribution is 2.24. The first-order valence-electron chi connectivity index (χ1n) is 10.8. The molecule has 1 atom stereocenters. The van der Waals surface area contributed by atoms with Crippen molar-refractivity contribution in [1.82, 2.24) is 10.2 Å². The summed E-state index contributed by atoms with van der Waals surface area (Å²) in [6.07, 6.45) is 5.28. The second-order valence-electron chi connectivity index (χ2n) is 8.03. The number of halogens is 3. The lowest BCUT2D eigenvalue weighted by Gasteiger charge is -2.31. The Balaban J connectivity index is 1.72. The molecular weight excluding hydrogens is 454 g/mol. The van der Waals surface area contributed by atoms with Crippen LogP contribution < -0.4 is 10.1 Å². The van der Waals surface area contributed by atoms with Crippen molar-refractivity contribution in [3.05, 3.63) is 63.9 Å². The number of carbonyl (C=O) groups excluding carboxylic acids is 2. The fourth-order valence-corrected chi connectivity index (χ4v) is 4.07. The second-order valence-corrected chi connectivity index (χ2v) is 8.85. The molecule has 3 rings (SSSR count). The smallest absolute Gasteiger partial charge is 0.261 e. The molecule has 172 valence electrons. The molecule has 8 heteroatoms. The molecule has 2 aromatic rings. The lowest BCUT2D eigenvalue weighted by Crippen LogP contribution is -2.51. The minimum atomic E-state index is -0.712. The molecular formula is C24H27Cl2FN2O3. The van der Waals surface area contributed by atoms with Crippen LogP contribution >= 0.6 is 23.2 Å². The summed E-state index contributed by atoms with van der Waals surface area (Å²) >= 11 is 12.1. The number of nitrogens with one attached hydrogen (secondary N) is 1. The first-order valence-corrected chi connectivity index (χ1v) is 11.5. The molecule has 0 radical (unpaired) electrons. The van der Waals surface area contributed by atoms with Crippen molar-refractivity contribution in [3.8, 4) is 5.75 Å². The Bertz CT molecular complexity index is 933. The van der Waals surface area contributed by atoms with Crippen molar-refractivity contribution in [2.45, 2.75) is 57.7 Å². The Morgan fingerprint density at radius 1 is 1.09 bits per heavy atom.